The zero-order valence-corrected chi connectivity index (χ0v) is 19.5. The number of aliphatic carboxylic acids is 1. The fraction of sp³-hybridized carbons (Fsp3) is 0.444. The lowest BCUT2D eigenvalue weighted by Gasteiger charge is -2.27. The fourth-order valence-corrected chi connectivity index (χ4v) is 5.95. The zero-order valence-electron chi connectivity index (χ0n) is 19.5. The number of nitrogens with one attached hydrogen (secondary N) is 2. The first-order chi connectivity index (χ1) is 16.2. The highest BCUT2D eigenvalue weighted by Crippen LogP contribution is 2.63. The largest absolute Gasteiger partial charge is 0.481 e. The van der Waals surface area contributed by atoms with Crippen LogP contribution in [-0.4, -0.2) is 41.3 Å². The molecule has 178 valence electrons. The maximum absolute atomic E-state index is 12.9. The van der Waals surface area contributed by atoms with Gasteiger partial charge in [-0.15, -0.1) is 0 Å². The highest BCUT2D eigenvalue weighted by atomic mass is 16.5. The average molecular weight is 463 g/mol. The van der Waals surface area contributed by atoms with Gasteiger partial charge in [0.1, 0.15) is 6.61 Å². The quantitative estimate of drug-likeness (QED) is 0.576. The van der Waals surface area contributed by atoms with E-state index in [4.69, 9.17) is 9.84 Å². The van der Waals surface area contributed by atoms with E-state index in [-0.39, 0.29) is 36.8 Å². The average Bonchev–Trinajstić information content (AvgIpc) is 3.20. The second-order valence-electron chi connectivity index (χ2n) is 10.6. The summed E-state index contributed by atoms with van der Waals surface area (Å²) in [6.45, 7) is 3.69. The Hall–Kier alpha value is -3.35. The number of benzene rings is 2. The molecule has 2 aromatic carbocycles. The van der Waals surface area contributed by atoms with Gasteiger partial charge < -0.3 is 20.5 Å². The number of alkyl carbamates (subject to hydrolysis) is 1. The van der Waals surface area contributed by atoms with Crippen LogP contribution in [0.15, 0.2) is 48.5 Å². The van der Waals surface area contributed by atoms with Gasteiger partial charge in [0, 0.05) is 17.5 Å². The molecule has 0 saturated heterocycles. The molecule has 0 bridgehead atoms. The second kappa shape index (κ2) is 8.15. The Bertz CT molecular complexity index is 1110. The van der Waals surface area contributed by atoms with E-state index in [1.807, 2.05) is 24.3 Å². The van der Waals surface area contributed by atoms with E-state index in [1.165, 1.54) is 22.3 Å². The van der Waals surface area contributed by atoms with E-state index in [0.29, 0.717) is 6.42 Å². The molecule has 2 fully saturated rings. The molecule has 7 heteroatoms. The molecule has 3 aliphatic carbocycles. The van der Waals surface area contributed by atoms with Crippen LogP contribution in [0.25, 0.3) is 11.1 Å². The summed E-state index contributed by atoms with van der Waals surface area (Å²) in [5.74, 6) is -0.840. The molecule has 34 heavy (non-hydrogen) atoms. The van der Waals surface area contributed by atoms with Crippen LogP contribution in [-0.2, 0) is 14.3 Å². The van der Waals surface area contributed by atoms with Crippen LogP contribution in [0, 0.1) is 11.3 Å². The Kier molecular flexibility index (Phi) is 5.38. The number of hydrogen-bond acceptors (Lipinski definition) is 4. The number of rotatable bonds is 7. The molecule has 0 aliphatic heterocycles. The number of carbonyl (C=O) groups excluding carboxylic acids is 2. The van der Waals surface area contributed by atoms with Crippen molar-refractivity contribution in [1.29, 1.82) is 0 Å². The molecule has 0 heterocycles. The molecule has 0 unspecified atom stereocenters. The normalized spacial score (nSPS) is 24.5. The van der Waals surface area contributed by atoms with E-state index in [1.54, 1.807) is 13.8 Å². The van der Waals surface area contributed by atoms with Crippen molar-refractivity contribution in [2.24, 2.45) is 11.3 Å². The summed E-state index contributed by atoms with van der Waals surface area (Å²) in [6, 6.07) is 16.3. The Morgan fingerprint density at radius 3 is 2.26 bits per heavy atom. The van der Waals surface area contributed by atoms with Gasteiger partial charge in [0.2, 0.25) is 5.91 Å². The minimum absolute atomic E-state index is 0.00344. The smallest absolute Gasteiger partial charge is 0.407 e. The molecule has 0 spiro atoms. The van der Waals surface area contributed by atoms with Gasteiger partial charge in [0.15, 0.2) is 0 Å². The second-order valence-corrected chi connectivity index (χ2v) is 10.6. The third-order valence-corrected chi connectivity index (χ3v) is 7.57. The van der Waals surface area contributed by atoms with Gasteiger partial charge in [-0.05, 0) is 61.3 Å². The highest BCUT2D eigenvalue weighted by molar-refractivity contribution is 5.88. The SMILES string of the molecule is CC(C)(CC(=O)O)NC(=O)[C@]12C[C@H](NC(=O)OCC3c4ccccc4-c4ccccc43)C[C@H]1C2. The number of fused-ring (bicyclic) bond motifs is 4. The van der Waals surface area contributed by atoms with Gasteiger partial charge >= 0.3 is 12.1 Å². The molecule has 7 nitrogen and oxygen atoms in total. The number of ether oxygens (including phenoxy) is 1. The monoisotopic (exact) mass is 462 g/mol. The Morgan fingerprint density at radius 1 is 1.03 bits per heavy atom. The first-order valence-corrected chi connectivity index (χ1v) is 11.8. The molecule has 3 N–H and O–H groups in total. The summed E-state index contributed by atoms with van der Waals surface area (Å²) < 4.78 is 5.65. The number of hydrogen-bond donors (Lipinski definition) is 3. The number of carboxylic acids is 1. The van der Waals surface area contributed by atoms with E-state index in [0.717, 1.165) is 12.8 Å². The van der Waals surface area contributed by atoms with Crippen LogP contribution in [0.4, 0.5) is 4.79 Å². The van der Waals surface area contributed by atoms with Crippen molar-refractivity contribution >= 4 is 18.0 Å². The topological polar surface area (TPSA) is 105 Å². The molecule has 2 aromatic rings. The first kappa shape index (κ1) is 22.4. The maximum Gasteiger partial charge on any atom is 0.407 e. The number of carbonyl (C=O) groups is 3. The van der Waals surface area contributed by atoms with E-state index in [9.17, 15) is 14.4 Å². The lowest BCUT2D eigenvalue weighted by Crippen LogP contribution is -2.48. The Labute approximate surface area is 198 Å². The van der Waals surface area contributed by atoms with Crippen LogP contribution in [0.3, 0.4) is 0 Å². The van der Waals surface area contributed by atoms with Gasteiger partial charge in [0.05, 0.1) is 11.8 Å². The molecule has 2 saturated carbocycles. The van der Waals surface area contributed by atoms with Crippen molar-refractivity contribution in [3.05, 3.63) is 59.7 Å². The van der Waals surface area contributed by atoms with Gasteiger partial charge in [-0.1, -0.05) is 48.5 Å². The molecule has 0 aromatic heterocycles. The van der Waals surface area contributed by atoms with Crippen LogP contribution in [0.1, 0.15) is 56.6 Å². The van der Waals surface area contributed by atoms with E-state index in [2.05, 4.69) is 34.9 Å². The van der Waals surface area contributed by atoms with Crippen molar-refractivity contribution < 1.29 is 24.2 Å². The summed E-state index contributed by atoms with van der Waals surface area (Å²) in [6.07, 6.45) is 1.47. The van der Waals surface area contributed by atoms with Gasteiger partial charge in [-0.25, -0.2) is 4.79 Å². The summed E-state index contributed by atoms with van der Waals surface area (Å²) >= 11 is 0. The van der Waals surface area contributed by atoms with Crippen molar-refractivity contribution in [2.45, 2.75) is 57.0 Å². The Morgan fingerprint density at radius 2 is 1.65 bits per heavy atom. The van der Waals surface area contributed by atoms with E-state index < -0.39 is 23.0 Å². The van der Waals surface area contributed by atoms with Crippen molar-refractivity contribution in [3.63, 3.8) is 0 Å². The molecule has 3 aliphatic rings. The maximum atomic E-state index is 12.9. The lowest BCUT2D eigenvalue weighted by atomic mass is 9.96. The van der Waals surface area contributed by atoms with Crippen molar-refractivity contribution in [2.75, 3.05) is 6.61 Å². The molecule has 5 rings (SSSR count). The first-order valence-electron chi connectivity index (χ1n) is 11.8. The van der Waals surface area contributed by atoms with Gasteiger partial charge in [0.25, 0.3) is 0 Å². The Balaban J connectivity index is 1.17. The molecule has 0 radical (unpaired) electrons. The summed E-state index contributed by atoms with van der Waals surface area (Å²) in [4.78, 5) is 36.6. The van der Waals surface area contributed by atoms with Gasteiger partial charge in [-0.3, -0.25) is 9.59 Å². The fourth-order valence-electron chi connectivity index (χ4n) is 5.95. The van der Waals surface area contributed by atoms with Crippen LogP contribution < -0.4 is 10.6 Å². The number of carboxylic acid groups (broad SMARTS) is 1. The highest BCUT2D eigenvalue weighted by Gasteiger charge is 2.65. The van der Waals surface area contributed by atoms with Crippen LogP contribution in [0.5, 0.6) is 0 Å². The van der Waals surface area contributed by atoms with Crippen molar-refractivity contribution in [1.82, 2.24) is 10.6 Å². The molecular formula is C27H30N2O5. The van der Waals surface area contributed by atoms with Gasteiger partial charge in [-0.2, -0.15) is 0 Å². The number of amides is 2. The summed E-state index contributed by atoms with van der Waals surface area (Å²) in [5.41, 5.74) is 3.38. The minimum atomic E-state index is -0.948. The standard InChI is InChI=1S/C27H30N2O5/c1-26(2,14-23(30)31)29-24(32)27-12-16(27)11-17(13-27)28-25(33)34-15-22-20-9-5-3-7-18(20)19-8-4-6-10-21(19)22/h3-10,16-17,22H,11-15H2,1-2H3,(H,28,33)(H,29,32)(H,30,31)/t16-,17+,27+/m0/s1. The zero-order chi connectivity index (χ0) is 24.1. The van der Waals surface area contributed by atoms with Crippen LogP contribution in [0.2, 0.25) is 0 Å². The molecule has 3 atom stereocenters. The summed E-state index contributed by atoms with van der Waals surface area (Å²) in [5, 5.41) is 14.9. The minimum Gasteiger partial charge on any atom is -0.481 e. The molecular weight excluding hydrogens is 432 g/mol. The van der Waals surface area contributed by atoms with Crippen LogP contribution >= 0.6 is 0 Å². The predicted molar refractivity (Wildman–Crippen MR) is 126 cm³/mol. The third-order valence-electron chi connectivity index (χ3n) is 7.57. The molecule has 2 amide bonds. The lowest BCUT2D eigenvalue weighted by molar-refractivity contribution is -0.139. The third kappa shape index (κ3) is 4.04. The predicted octanol–water partition coefficient (Wildman–Crippen LogP) is 4.06. The van der Waals surface area contributed by atoms with Crippen molar-refractivity contribution in [3.8, 4) is 11.1 Å². The van der Waals surface area contributed by atoms with E-state index >= 15 is 0 Å². The summed E-state index contributed by atoms with van der Waals surface area (Å²) in [7, 11) is 0.